The second-order valence-corrected chi connectivity index (χ2v) is 9.26. The fourth-order valence-electron chi connectivity index (χ4n) is 3.98. The van der Waals surface area contributed by atoms with Crippen LogP contribution in [-0.4, -0.2) is 49.9 Å². The van der Waals surface area contributed by atoms with E-state index >= 15 is 0 Å². The number of carbonyl (C=O) groups is 2. The Morgan fingerprint density at radius 2 is 1.89 bits per heavy atom. The standard InChI is InChI=1S/C19H20N2O5S/c1-19(18(23)24)9-4-10-20(12-19)16(22)11-21-14-7-2-5-13-6-3-8-15(17(13)14)27(21,25)26/h2-3,5-8H,4,9-12H2,1H3,(H,23,24). The van der Waals surface area contributed by atoms with E-state index in [1.807, 2.05) is 12.1 Å². The Morgan fingerprint density at radius 1 is 1.19 bits per heavy atom. The summed E-state index contributed by atoms with van der Waals surface area (Å²) < 4.78 is 27.1. The molecule has 2 aromatic carbocycles. The summed E-state index contributed by atoms with van der Waals surface area (Å²) in [6.07, 6.45) is 1.08. The molecule has 0 aliphatic carbocycles. The number of rotatable bonds is 3. The molecule has 27 heavy (non-hydrogen) atoms. The average molecular weight is 388 g/mol. The summed E-state index contributed by atoms with van der Waals surface area (Å²) in [6.45, 7) is 1.82. The highest BCUT2D eigenvalue weighted by Gasteiger charge is 2.42. The van der Waals surface area contributed by atoms with Crippen LogP contribution >= 0.6 is 0 Å². The van der Waals surface area contributed by atoms with E-state index in [-0.39, 0.29) is 23.9 Å². The minimum absolute atomic E-state index is 0.0895. The maximum atomic E-state index is 13.0. The molecule has 1 saturated heterocycles. The molecule has 1 amide bonds. The van der Waals surface area contributed by atoms with E-state index in [4.69, 9.17) is 0 Å². The number of hydrogen-bond donors (Lipinski definition) is 1. The molecule has 2 aliphatic heterocycles. The quantitative estimate of drug-likeness (QED) is 0.868. The molecular formula is C19H20N2O5S. The van der Waals surface area contributed by atoms with Crippen LogP contribution in [0.25, 0.3) is 10.8 Å². The Hall–Kier alpha value is -2.61. The Bertz CT molecular complexity index is 1060. The van der Waals surface area contributed by atoms with Crippen LogP contribution in [0.15, 0.2) is 41.3 Å². The maximum Gasteiger partial charge on any atom is 0.311 e. The molecule has 2 heterocycles. The van der Waals surface area contributed by atoms with Gasteiger partial charge in [-0.05, 0) is 37.3 Å². The van der Waals surface area contributed by atoms with Crippen molar-refractivity contribution in [1.29, 1.82) is 0 Å². The molecule has 2 aromatic rings. The molecule has 142 valence electrons. The number of aliphatic carboxylic acids is 1. The van der Waals surface area contributed by atoms with Gasteiger partial charge in [0.25, 0.3) is 10.0 Å². The summed E-state index contributed by atoms with van der Waals surface area (Å²) in [6, 6.07) is 10.4. The van der Waals surface area contributed by atoms with Crippen molar-refractivity contribution < 1.29 is 23.1 Å². The van der Waals surface area contributed by atoms with Crippen LogP contribution in [-0.2, 0) is 19.6 Å². The van der Waals surface area contributed by atoms with E-state index in [9.17, 15) is 23.1 Å². The van der Waals surface area contributed by atoms with Crippen LogP contribution in [0.2, 0.25) is 0 Å². The smallest absolute Gasteiger partial charge is 0.311 e. The lowest BCUT2D eigenvalue weighted by atomic mass is 9.82. The summed E-state index contributed by atoms with van der Waals surface area (Å²) >= 11 is 0. The van der Waals surface area contributed by atoms with Crippen LogP contribution in [0.1, 0.15) is 19.8 Å². The predicted octanol–water partition coefficient (Wildman–Crippen LogP) is 2.06. The summed E-state index contributed by atoms with van der Waals surface area (Å²) in [5.41, 5.74) is -0.504. The summed E-state index contributed by atoms with van der Waals surface area (Å²) in [4.78, 5) is 26.0. The second-order valence-electron chi connectivity index (χ2n) is 7.43. The Labute approximate surface area is 157 Å². The molecule has 0 spiro atoms. The number of carboxylic acids is 1. The van der Waals surface area contributed by atoms with Gasteiger partial charge in [-0.2, -0.15) is 0 Å². The Balaban J connectivity index is 1.65. The third-order valence-corrected chi connectivity index (χ3v) is 7.33. The van der Waals surface area contributed by atoms with Crippen molar-refractivity contribution in [3.05, 3.63) is 36.4 Å². The van der Waals surface area contributed by atoms with Crippen LogP contribution < -0.4 is 4.31 Å². The number of carboxylic acid groups (broad SMARTS) is 1. The highest BCUT2D eigenvalue weighted by atomic mass is 32.2. The highest BCUT2D eigenvalue weighted by molar-refractivity contribution is 7.93. The van der Waals surface area contributed by atoms with Gasteiger partial charge in [0.2, 0.25) is 5.91 Å². The Morgan fingerprint density at radius 3 is 2.59 bits per heavy atom. The topological polar surface area (TPSA) is 95.0 Å². The van der Waals surface area contributed by atoms with E-state index in [2.05, 4.69) is 0 Å². The molecule has 2 aliphatic rings. The molecule has 0 radical (unpaired) electrons. The van der Waals surface area contributed by atoms with Gasteiger partial charge in [-0.25, -0.2) is 8.42 Å². The number of anilines is 1. The largest absolute Gasteiger partial charge is 0.481 e. The van der Waals surface area contributed by atoms with Crippen molar-refractivity contribution in [2.75, 3.05) is 23.9 Å². The number of benzene rings is 2. The van der Waals surface area contributed by atoms with Crippen LogP contribution in [0, 0.1) is 5.41 Å². The molecule has 7 nitrogen and oxygen atoms in total. The molecule has 8 heteroatoms. The molecule has 1 atom stereocenters. The molecule has 4 rings (SSSR count). The molecular weight excluding hydrogens is 368 g/mol. The first kappa shape index (κ1) is 17.8. The summed E-state index contributed by atoms with van der Waals surface area (Å²) in [7, 11) is -3.81. The predicted molar refractivity (Wildman–Crippen MR) is 100 cm³/mol. The van der Waals surface area contributed by atoms with Gasteiger partial charge in [-0.3, -0.25) is 13.9 Å². The maximum absolute atomic E-state index is 13.0. The first-order chi connectivity index (χ1) is 12.7. The number of piperidine rings is 1. The van der Waals surface area contributed by atoms with Gasteiger partial charge in [0.05, 0.1) is 16.0 Å². The third-order valence-electron chi connectivity index (χ3n) is 5.53. The highest BCUT2D eigenvalue weighted by Crippen LogP contribution is 2.42. The van der Waals surface area contributed by atoms with E-state index in [0.717, 1.165) is 9.69 Å². The van der Waals surface area contributed by atoms with E-state index < -0.39 is 21.4 Å². The molecule has 0 bridgehead atoms. The monoisotopic (exact) mass is 388 g/mol. The zero-order chi connectivity index (χ0) is 19.4. The number of carbonyl (C=O) groups excluding carboxylic acids is 1. The fourth-order valence-corrected chi connectivity index (χ4v) is 5.64. The lowest BCUT2D eigenvalue weighted by Crippen LogP contribution is -2.51. The molecule has 1 unspecified atom stereocenters. The lowest BCUT2D eigenvalue weighted by Gasteiger charge is -2.38. The molecule has 1 fully saturated rings. The van der Waals surface area contributed by atoms with Gasteiger partial charge in [0.1, 0.15) is 6.54 Å². The Kier molecular flexibility index (Phi) is 3.92. The first-order valence-corrected chi connectivity index (χ1v) is 10.2. The van der Waals surface area contributed by atoms with Gasteiger partial charge < -0.3 is 10.0 Å². The third kappa shape index (κ3) is 2.66. The minimum atomic E-state index is -3.81. The second kappa shape index (κ2) is 5.95. The number of nitrogens with zero attached hydrogens (tertiary/aromatic N) is 2. The van der Waals surface area contributed by atoms with Crippen molar-refractivity contribution in [3.63, 3.8) is 0 Å². The zero-order valence-electron chi connectivity index (χ0n) is 14.9. The molecule has 1 N–H and O–H groups in total. The van der Waals surface area contributed by atoms with Crippen LogP contribution in [0.4, 0.5) is 5.69 Å². The minimum Gasteiger partial charge on any atom is -0.481 e. The number of hydrogen-bond acceptors (Lipinski definition) is 4. The van der Waals surface area contributed by atoms with Gasteiger partial charge >= 0.3 is 5.97 Å². The molecule has 0 aromatic heterocycles. The summed E-state index contributed by atoms with van der Waals surface area (Å²) in [5, 5.41) is 10.9. The average Bonchev–Trinajstić information content (AvgIpc) is 2.85. The van der Waals surface area contributed by atoms with Gasteiger partial charge in [-0.1, -0.05) is 24.3 Å². The van der Waals surface area contributed by atoms with Crippen molar-refractivity contribution >= 4 is 38.4 Å². The number of sulfonamides is 1. The molecule has 0 saturated carbocycles. The first-order valence-electron chi connectivity index (χ1n) is 8.80. The van der Waals surface area contributed by atoms with Gasteiger partial charge in [-0.15, -0.1) is 0 Å². The zero-order valence-corrected chi connectivity index (χ0v) is 15.7. The van der Waals surface area contributed by atoms with Gasteiger partial charge in [0.15, 0.2) is 0 Å². The van der Waals surface area contributed by atoms with E-state index in [1.54, 1.807) is 31.2 Å². The SMILES string of the molecule is CC1(C(=O)O)CCCN(C(=O)CN2c3cccc4cccc(c34)S2(=O)=O)C1. The summed E-state index contributed by atoms with van der Waals surface area (Å²) in [5.74, 6) is -1.32. The number of likely N-dealkylation sites (tertiary alicyclic amines) is 1. The lowest BCUT2D eigenvalue weighted by molar-refractivity contribution is -0.153. The van der Waals surface area contributed by atoms with Crippen molar-refractivity contribution in [2.24, 2.45) is 5.41 Å². The van der Waals surface area contributed by atoms with Crippen molar-refractivity contribution in [1.82, 2.24) is 4.90 Å². The van der Waals surface area contributed by atoms with E-state index in [0.29, 0.717) is 30.5 Å². The fraction of sp³-hybridized carbons (Fsp3) is 0.368. The normalized spacial score (nSPS) is 23.6. The van der Waals surface area contributed by atoms with Crippen molar-refractivity contribution in [2.45, 2.75) is 24.7 Å². The van der Waals surface area contributed by atoms with Crippen LogP contribution in [0.5, 0.6) is 0 Å². The van der Waals surface area contributed by atoms with E-state index in [1.165, 1.54) is 4.90 Å². The van der Waals surface area contributed by atoms with Crippen molar-refractivity contribution in [3.8, 4) is 0 Å². The number of amides is 1. The van der Waals surface area contributed by atoms with Gasteiger partial charge in [0, 0.05) is 18.5 Å². The van der Waals surface area contributed by atoms with Crippen LogP contribution in [0.3, 0.4) is 0 Å².